The van der Waals surface area contributed by atoms with Gasteiger partial charge in [0, 0.05) is 33.9 Å². The number of allylic oxidation sites excluding steroid dienone is 2. The van der Waals surface area contributed by atoms with Gasteiger partial charge in [-0.1, -0.05) is 48.5 Å². The summed E-state index contributed by atoms with van der Waals surface area (Å²) in [6, 6.07) is 22.1. The predicted molar refractivity (Wildman–Crippen MR) is 137 cm³/mol. The second kappa shape index (κ2) is 9.67. The minimum Gasteiger partial charge on any atom is -0.493 e. The van der Waals surface area contributed by atoms with Crippen molar-refractivity contribution >= 4 is 17.4 Å². The molecular formula is C30H24N2O5. The lowest BCUT2D eigenvalue weighted by Gasteiger charge is -2.29. The fourth-order valence-electron chi connectivity index (χ4n) is 4.94. The molecule has 0 saturated carbocycles. The van der Waals surface area contributed by atoms with E-state index in [0.29, 0.717) is 50.7 Å². The summed E-state index contributed by atoms with van der Waals surface area (Å²) in [6.07, 6.45) is 0. The second-order valence-corrected chi connectivity index (χ2v) is 8.72. The highest BCUT2D eigenvalue weighted by Gasteiger charge is 2.43. The molecule has 3 aromatic carbocycles. The number of fused-ring (bicyclic) bond motifs is 2. The van der Waals surface area contributed by atoms with Crippen LogP contribution in [0.1, 0.15) is 45.5 Å². The monoisotopic (exact) mass is 492 g/mol. The topological polar surface area (TPSA) is 97.6 Å². The molecule has 184 valence electrons. The average molecular weight is 493 g/mol. The molecule has 37 heavy (non-hydrogen) atoms. The molecule has 3 aromatic rings. The first kappa shape index (κ1) is 23.9. The largest absolute Gasteiger partial charge is 0.493 e. The number of nitrogens with zero attached hydrogens (tertiary/aromatic N) is 1. The number of nitriles is 1. The van der Waals surface area contributed by atoms with Crippen LogP contribution in [0.2, 0.25) is 0 Å². The van der Waals surface area contributed by atoms with E-state index < -0.39 is 11.9 Å². The van der Waals surface area contributed by atoms with Gasteiger partial charge in [-0.3, -0.25) is 4.79 Å². The highest BCUT2D eigenvalue weighted by molar-refractivity contribution is 6.23. The molecule has 1 heterocycles. The lowest BCUT2D eigenvalue weighted by molar-refractivity contribution is -0.136. The van der Waals surface area contributed by atoms with E-state index in [1.165, 1.54) is 14.2 Å². The van der Waals surface area contributed by atoms with Gasteiger partial charge in [-0.05, 0) is 30.7 Å². The standard InChI is InChI=1S/C30H24N2O5/c1-17-25(30(34)36-3)26(27-28(32-17)21-10-6-7-11-22(21)29(27)33)18-12-13-23(24(14-18)35-2)37-16-20-9-5-4-8-19(20)15-31/h4-14,26,32H,16H2,1-3H3. The Kier molecular flexibility index (Phi) is 6.24. The summed E-state index contributed by atoms with van der Waals surface area (Å²) in [7, 11) is 2.85. The molecule has 0 radical (unpaired) electrons. The van der Waals surface area contributed by atoms with Crippen molar-refractivity contribution in [2.45, 2.75) is 19.4 Å². The number of Topliss-reactive ketones (excluding diaryl/α,β-unsaturated/α-hetero) is 1. The van der Waals surface area contributed by atoms with Gasteiger partial charge < -0.3 is 19.5 Å². The van der Waals surface area contributed by atoms with Crippen LogP contribution in [0.5, 0.6) is 11.5 Å². The number of carbonyl (C=O) groups is 2. The van der Waals surface area contributed by atoms with Crippen molar-refractivity contribution in [3.05, 3.63) is 111 Å². The minimum atomic E-state index is -0.661. The molecule has 7 heteroatoms. The van der Waals surface area contributed by atoms with E-state index in [1.807, 2.05) is 36.4 Å². The average Bonchev–Trinajstić information content (AvgIpc) is 3.22. The molecule has 1 atom stereocenters. The minimum absolute atomic E-state index is 0.135. The van der Waals surface area contributed by atoms with E-state index in [0.717, 1.165) is 11.1 Å². The molecule has 2 aliphatic rings. The summed E-state index contributed by atoms with van der Waals surface area (Å²) in [5, 5.41) is 12.6. The van der Waals surface area contributed by atoms with Gasteiger partial charge in [0.25, 0.3) is 0 Å². The molecule has 0 amide bonds. The van der Waals surface area contributed by atoms with Crippen molar-refractivity contribution in [3.63, 3.8) is 0 Å². The molecule has 7 nitrogen and oxygen atoms in total. The number of esters is 1. The molecule has 1 aliphatic heterocycles. The molecule has 0 fully saturated rings. The van der Waals surface area contributed by atoms with Gasteiger partial charge in [-0.25, -0.2) is 4.79 Å². The highest BCUT2D eigenvalue weighted by Crippen LogP contribution is 2.48. The van der Waals surface area contributed by atoms with Gasteiger partial charge in [0.2, 0.25) is 0 Å². The Morgan fingerprint density at radius 1 is 1.00 bits per heavy atom. The van der Waals surface area contributed by atoms with Crippen molar-refractivity contribution in [3.8, 4) is 17.6 Å². The van der Waals surface area contributed by atoms with Gasteiger partial charge in [0.05, 0.1) is 37.1 Å². The third kappa shape index (κ3) is 4.03. The lowest BCUT2D eigenvalue weighted by Crippen LogP contribution is -2.29. The van der Waals surface area contributed by atoms with Crippen molar-refractivity contribution < 1.29 is 23.8 Å². The van der Waals surface area contributed by atoms with Crippen LogP contribution in [-0.4, -0.2) is 26.0 Å². The number of benzene rings is 3. The number of hydrogen-bond donors (Lipinski definition) is 1. The molecule has 1 aliphatic carbocycles. The number of rotatable bonds is 6. The van der Waals surface area contributed by atoms with Gasteiger partial charge in [0.15, 0.2) is 17.3 Å². The fourth-order valence-corrected chi connectivity index (χ4v) is 4.94. The Bertz CT molecular complexity index is 1540. The predicted octanol–water partition coefficient (Wildman–Crippen LogP) is 4.89. The zero-order valence-corrected chi connectivity index (χ0v) is 20.6. The van der Waals surface area contributed by atoms with E-state index in [1.54, 1.807) is 37.3 Å². The molecule has 0 saturated heterocycles. The quantitative estimate of drug-likeness (QED) is 0.490. The number of hydrogen-bond acceptors (Lipinski definition) is 7. The second-order valence-electron chi connectivity index (χ2n) is 8.72. The zero-order chi connectivity index (χ0) is 26.1. The van der Waals surface area contributed by atoms with E-state index >= 15 is 0 Å². The van der Waals surface area contributed by atoms with Gasteiger partial charge >= 0.3 is 5.97 Å². The summed E-state index contributed by atoms with van der Waals surface area (Å²) < 4.78 is 16.7. The Hall–Kier alpha value is -4.83. The van der Waals surface area contributed by atoms with Crippen molar-refractivity contribution in [1.82, 2.24) is 5.32 Å². The van der Waals surface area contributed by atoms with E-state index in [2.05, 4.69) is 11.4 Å². The summed E-state index contributed by atoms with van der Waals surface area (Å²) in [5.41, 5.74) is 5.55. The van der Waals surface area contributed by atoms with E-state index in [-0.39, 0.29) is 12.4 Å². The number of nitrogens with one attached hydrogen (secondary N) is 1. The molecular weight excluding hydrogens is 468 g/mol. The summed E-state index contributed by atoms with van der Waals surface area (Å²) >= 11 is 0. The number of dihydropyridines is 1. The van der Waals surface area contributed by atoms with Gasteiger partial charge in [-0.15, -0.1) is 0 Å². The maximum absolute atomic E-state index is 13.6. The van der Waals surface area contributed by atoms with Crippen LogP contribution in [0.15, 0.2) is 83.6 Å². The molecule has 0 bridgehead atoms. The summed E-state index contributed by atoms with van der Waals surface area (Å²) in [4.78, 5) is 26.5. The summed E-state index contributed by atoms with van der Waals surface area (Å²) in [5.74, 6) is -0.395. The van der Waals surface area contributed by atoms with Gasteiger partial charge in [0.1, 0.15) is 6.61 Å². The smallest absolute Gasteiger partial charge is 0.336 e. The molecule has 0 spiro atoms. The van der Waals surface area contributed by atoms with Gasteiger partial charge in [-0.2, -0.15) is 5.26 Å². The van der Waals surface area contributed by atoms with Crippen LogP contribution in [0.4, 0.5) is 0 Å². The van der Waals surface area contributed by atoms with Crippen molar-refractivity contribution in [2.24, 2.45) is 0 Å². The zero-order valence-electron chi connectivity index (χ0n) is 20.6. The maximum Gasteiger partial charge on any atom is 0.336 e. The maximum atomic E-state index is 13.6. The summed E-state index contributed by atoms with van der Waals surface area (Å²) in [6.45, 7) is 1.98. The number of carbonyl (C=O) groups excluding carboxylic acids is 2. The first-order valence-corrected chi connectivity index (χ1v) is 11.7. The molecule has 5 rings (SSSR count). The first-order valence-electron chi connectivity index (χ1n) is 11.7. The van der Waals surface area contributed by atoms with Crippen LogP contribution in [-0.2, 0) is 16.1 Å². The Labute approximate surface area is 214 Å². The first-order chi connectivity index (χ1) is 18.0. The molecule has 0 aromatic heterocycles. The highest BCUT2D eigenvalue weighted by atomic mass is 16.5. The van der Waals surface area contributed by atoms with E-state index in [9.17, 15) is 14.9 Å². The SMILES string of the molecule is COC(=O)C1=C(C)NC2=C(C(=O)c3ccccc32)C1c1ccc(OCc2ccccc2C#N)c(OC)c1. The van der Waals surface area contributed by atoms with Crippen LogP contribution < -0.4 is 14.8 Å². The number of ether oxygens (including phenoxy) is 3. The molecule has 1 N–H and O–H groups in total. The van der Waals surface area contributed by atoms with E-state index in [4.69, 9.17) is 14.2 Å². The van der Waals surface area contributed by atoms with Crippen LogP contribution >= 0.6 is 0 Å². The normalized spacial score (nSPS) is 15.9. The Balaban J connectivity index is 1.56. The fraction of sp³-hybridized carbons (Fsp3) is 0.167. The number of ketones is 1. The van der Waals surface area contributed by atoms with Crippen LogP contribution in [0.3, 0.4) is 0 Å². The van der Waals surface area contributed by atoms with Crippen molar-refractivity contribution in [2.75, 3.05) is 14.2 Å². The number of methoxy groups -OCH3 is 2. The third-order valence-corrected chi connectivity index (χ3v) is 6.70. The Morgan fingerprint density at radius 2 is 1.73 bits per heavy atom. The van der Waals surface area contributed by atoms with Crippen LogP contribution in [0, 0.1) is 11.3 Å². The van der Waals surface area contributed by atoms with Crippen LogP contribution in [0.25, 0.3) is 5.70 Å². The molecule has 1 unspecified atom stereocenters. The van der Waals surface area contributed by atoms with Crippen molar-refractivity contribution in [1.29, 1.82) is 5.26 Å². The lowest BCUT2D eigenvalue weighted by atomic mass is 9.79. The third-order valence-electron chi connectivity index (χ3n) is 6.70. The Morgan fingerprint density at radius 3 is 2.46 bits per heavy atom.